The van der Waals surface area contributed by atoms with E-state index in [1.807, 2.05) is 24.5 Å². The summed E-state index contributed by atoms with van der Waals surface area (Å²) in [5, 5.41) is 4.42. The Hall–Kier alpha value is -1.79. The number of nitrogens with zero attached hydrogens (tertiary/aromatic N) is 4. The molecule has 5 nitrogen and oxygen atoms in total. The quantitative estimate of drug-likeness (QED) is 0.719. The number of halogens is 1. The third-order valence-electron chi connectivity index (χ3n) is 7.23. The van der Waals surface area contributed by atoms with E-state index < -0.39 is 0 Å². The number of rotatable bonds is 4. The van der Waals surface area contributed by atoms with Crippen molar-refractivity contribution in [1.82, 2.24) is 24.7 Å². The van der Waals surface area contributed by atoms with Crippen molar-refractivity contribution < 1.29 is 0 Å². The second kappa shape index (κ2) is 8.04. The first-order chi connectivity index (χ1) is 14.6. The molecule has 1 aromatic heterocycles. The van der Waals surface area contributed by atoms with Crippen LogP contribution in [0, 0.1) is 0 Å². The van der Waals surface area contributed by atoms with E-state index in [4.69, 9.17) is 21.6 Å². The van der Waals surface area contributed by atoms with Crippen LogP contribution in [-0.2, 0) is 0 Å². The standard InChI is InChI=1S/C24H31ClN5/c1-19-17-29(15-14-26-19)24(10-3-2-4-11-24)18-30(23-27-12-6-13-28-23)16-9-20-21(25)7-5-8-22(20)30/h5-9,12-13,16,19,26H,2-4,10-11,14-15,17-18H2,1H3/q+1/t19-,30?/m0/s1. The van der Waals surface area contributed by atoms with Gasteiger partial charge in [-0.2, -0.15) is 14.5 Å². The molecule has 5 rings (SSSR count). The van der Waals surface area contributed by atoms with E-state index >= 15 is 0 Å². The molecule has 2 aliphatic heterocycles. The highest BCUT2D eigenvalue weighted by molar-refractivity contribution is 6.32. The Balaban J connectivity index is 1.62. The SMILES string of the molecule is C[C@H]1CN(C2(C[N+]3(c4ncccn4)C=Cc4c(Cl)cccc43)CCCCC2)CCN1. The molecule has 2 aromatic rings. The van der Waals surface area contributed by atoms with Crippen LogP contribution in [0.2, 0.25) is 5.02 Å². The van der Waals surface area contributed by atoms with Crippen LogP contribution >= 0.6 is 11.6 Å². The maximum Gasteiger partial charge on any atom is 0.338 e. The molecule has 3 heterocycles. The molecule has 1 saturated heterocycles. The fourth-order valence-electron chi connectivity index (χ4n) is 5.81. The Morgan fingerprint density at radius 2 is 1.97 bits per heavy atom. The second-order valence-electron chi connectivity index (χ2n) is 9.15. The predicted molar refractivity (Wildman–Crippen MR) is 124 cm³/mol. The molecule has 158 valence electrons. The van der Waals surface area contributed by atoms with Gasteiger partial charge in [-0.25, -0.2) is 0 Å². The Bertz CT molecular complexity index is 924. The van der Waals surface area contributed by atoms with Crippen LogP contribution in [0.3, 0.4) is 0 Å². The van der Waals surface area contributed by atoms with Crippen LogP contribution in [0.5, 0.6) is 0 Å². The Kier molecular flexibility index (Phi) is 5.40. The monoisotopic (exact) mass is 424 g/mol. The number of nitrogens with one attached hydrogen (secondary N) is 1. The van der Waals surface area contributed by atoms with Crippen LogP contribution in [0.25, 0.3) is 6.08 Å². The topological polar surface area (TPSA) is 41.1 Å². The molecule has 0 amide bonds. The van der Waals surface area contributed by atoms with Gasteiger partial charge in [0.25, 0.3) is 0 Å². The van der Waals surface area contributed by atoms with Gasteiger partial charge < -0.3 is 5.32 Å². The van der Waals surface area contributed by atoms with Gasteiger partial charge in [0.15, 0.2) is 5.69 Å². The van der Waals surface area contributed by atoms with Crippen molar-refractivity contribution in [2.24, 2.45) is 0 Å². The molecule has 2 atom stereocenters. The number of aromatic nitrogens is 2. The lowest BCUT2D eigenvalue weighted by Gasteiger charge is -2.51. The zero-order chi connectivity index (χ0) is 20.6. The van der Waals surface area contributed by atoms with Gasteiger partial charge in [-0.3, -0.25) is 4.90 Å². The average Bonchev–Trinajstić information content (AvgIpc) is 3.16. The van der Waals surface area contributed by atoms with Crippen molar-refractivity contribution in [3.63, 3.8) is 0 Å². The van der Waals surface area contributed by atoms with Gasteiger partial charge in [-0.15, -0.1) is 0 Å². The van der Waals surface area contributed by atoms with E-state index in [-0.39, 0.29) is 5.54 Å². The zero-order valence-electron chi connectivity index (χ0n) is 17.7. The molecule has 0 radical (unpaired) electrons. The summed E-state index contributed by atoms with van der Waals surface area (Å²) in [6, 6.07) is 8.66. The maximum absolute atomic E-state index is 6.61. The van der Waals surface area contributed by atoms with E-state index in [0.717, 1.165) is 42.7 Å². The summed E-state index contributed by atoms with van der Waals surface area (Å²) in [7, 11) is 0. The summed E-state index contributed by atoms with van der Waals surface area (Å²) in [6.07, 6.45) is 14.5. The highest BCUT2D eigenvalue weighted by atomic mass is 35.5. The molecule has 0 spiro atoms. The van der Waals surface area contributed by atoms with E-state index in [0.29, 0.717) is 10.5 Å². The normalized spacial score (nSPS) is 28.4. The molecule has 30 heavy (non-hydrogen) atoms. The first-order valence-electron chi connectivity index (χ1n) is 11.3. The van der Waals surface area contributed by atoms with Gasteiger partial charge in [-0.1, -0.05) is 36.9 Å². The van der Waals surface area contributed by atoms with Gasteiger partial charge in [0.1, 0.15) is 12.7 Å². The molecule has 1 aromatic carbocycles. The summed E-state index contributed by atoms with van der Waals surface area (Å²) >= 11 is 6.61. The van der Waals surface area contributed by atoms with Gasteiger partial charge in [0.05, 0.1) is 16.1 Å². The molecular weight excluding hydrogens is 394 g/mol. The summed E-state index contributed by atoms with van der Waals surface area (Å²) in [5.41, 5.74) is 2.44. The number of quaternary nitrogens is 1. The number of piperazine rings is 1. The molecule has 6 heteroatoms. The lowest BCUT2D eigenvalue weighted by molar-refractivity contribution is 0.0166. The summed E-state index contributed by atoms with van der Waals surface area (Å²) in [4.78, 5) is 12.3. The van der Waals surface area contributed by atoms with Crippen molar-refractivity contribution >= 4 is 29.3 Å². The van der Waals surface area contributed by atoms with Gasteiger partial charge in [0, 0.05) is 50.2 Å². The second-order valence-corrected chi connectivity index (χ2v) is 9.56. The van der Waals surface area contributed by atoms with E-state index in [1.54, 1.807) is 0 Å². The molecule has 0 bridgehead atoms. The summed E-state index contributed by atoms with van der Waals surface area (Å²) < 4.78 is 0.551. The van der Waals surface area contributed by atoms with Crippen LogP contribution in [0.1, 0.15) is 44.6 Å². The smallest absolute Gasteiger partial charge is 0.312 e. The lowest BCUT2D eigenvalue weighted by Crippen LogP contribution is -2.65. The largest absolute Gasteiger partial charge is 0.338 e. The molecule has 1 aliphatic carbocycles. The van der Waals surface area contributed by atoms with Crippen molar-refractivity contribution in [1.29, 1.82) is 0 Å². The fourth-order valence-corrected chi connectivity index (χ4v) is 6.05. The predicted octanol–water partition coefficient (Wildman–Crippen LogP) is 4.75. The molecule has 1 N–H and O–H groups in total. The lowest BCUT2D eigenvalue weighted by atomic mass is 9.78. The number of hydrogen-bond donors (Lipinski definition) is 1. The number of fused-ring (bicyclic) bond motifs is 1. The minimum Gasteiger partial charge on any atom is -0.312 e. The average molecular weight is 425 g/mol. The molecule has 1 unspecified atom stereocenters. The molecule has 3 aliphatic rings. The van der Waals surface area contributed by atoms with Crippen LogP contribution in [0.4, 0.5) is 11.6 Å². The summed E-state index contributed by atoms with van der Waals surface area (Å²) in [5.74, 6) is 0.836. The number of benzene rings is 1. The molecular formula is C24H31ClN5+. The Labute approximate surface area is 184 Å². The van der Waals surface area contributed by atoms with Crippen molar-refractivity contribution in [2.45, 2.75) is 50.6 Å². The van der Waals surface area contributed by atoms with Crippen LogP contribution in [0.15, 0.2) is 42.9 Å². The fraction of sp³-hybridized carbons (Fsp3) is 0.500. The van der Waals surface area contributed by atoms with Crippen molar-refractivity contribution in [3.8, 4) is 0 Å². The van der Waals surface area contributed by atoms with E-state index in [2.05, 4.69) is 41.5 Å². The van der Waals surface area contributed by atoms with Crippen molar-refractivity contribution in [3.05, 3.63) is 53.4 Å². The number of hydrogen-bond acceptors (Lipinski definition) is 4. The van der Waals surface area contributed by atoms with Gasteiger partial charge in [0.2, 0.25) is 0 Å². The maximum atomic E-state index is 6.61. The molecule has 2 fully saturated rings. The van der Waals surface area contributed by atoms with Crippen LogP contribution < -0.4 is 9.80 Å². The van der Waals surface area contributed by atoms with E-state index in [1.165, 1.54) is 37.8 Å². The van der Waals surface area contributed by atoms with Crippen LogP contribution in [-0.4, -0.2) is 52.6 Å². The minimum atomic E-state index is 0.141. The summed E-state index contributed by atoms with van der Waals surface area (Å²) in [6.45, 7) is 6.52. The minimum absolute atomic E-state index is 0.141. The third kappa shape index (κ3) is 3.38. The first kappa shape index (κ1) is 20.1. The van der Waals surface area contributed by atoms with Gasteiger partial charge in [-0.05, 0) is 31.9 Å². The van der Waals surface area contributed by atoms with Crippen molar-refractivity contribution in [2.75, 3.05) is 26.2 Å². The first-order valence-corrected chi connectivity index (χ1v) is 11.6. The zero-order valence-corrected chi connectivity index (χ0v) is 18.5. The third-order valence-corrected chi connectivity index (χ3v) is 7.56. The molecule has 1 saturated carbocycles. The highest BCUT2D eigenvalue weighted by Gasteiger charge is 2.51. The van der Waals surface area contributed by atoms with E-state index in [9.17, 15) is 0 Å². The highest BCUT2D eigenvalue weighted by Crippen LogP contribution is 2.48. The van der Waals surface area contributed by atoms with Gasteiger partial charge >= 0.3 is 5.95 Å². The Morgan fingerprint density at radius 1 is 1.17 bits per heavy atom. The Morgan fingerprint density at radius 3 is 2.73 bits per heavy atom.